The summed E-state index contributed by atoms with van der Waals surface area (Å²) >= 11 is 24.1. The van der Waals surface area contributed by atoms with Crippen LogP contribution in [-0.2, 0) is 32.8 Å². The second-order valence-electron chi connectivity index (χ2n) is 24.8. The van der Waals surface area contributed by atoms with Gasteiger partial charge in [-0.2, -0.15) is 46.5 Å². The topological polar surface area (TPSA) is 374 Å². The summed E-state index contributed by atoms with van der Waals surface area (Å²) in [5, 5.41) is 23.7. The number of fused-ring (bicyclic) bond motifs is 4. The lowest BCUT2D eigenvalue weighted by Crippen LogP contribution is -3.00. The van der Waals surface area contributed by atoms with E-state index >= 15 is 0 Å². The molecule has 114 heavy (non-hydrogen) atoms. The molecule has 38 heteroatoms. The SMILES string of the molecule is C/C(=N\Nc1ncnc2cc(Cl)ccc12)c1ccc(-n2cc[n+](C)c2)nc1.C/C(=N\Nc1ncnc2cc(Cl)ccc12)c1ccc(-n2cc[n+](C)c2)nc1.C/C(=N\Nc1ncnc2cc(Cl)ccc12)c1ccc(-n2cc[n+](C)c2)nc1.C/C(=N\Nc1ncnc2cc(Cl)ccc12)c1ccc(-n2cc[n+](C)c2)nc1.O=P([O-])([O-])[O-].[I-]. The molecule has 0 saturated heterocycles. The fourth-order valence-corrected chi connectivity index (χ4v) is 11.3. The molecule has 4 N–H and O–H groups in total. The zero-order chi connectivity index (χ0) is 79.7. The second-order valence-corrected chi connectivity index (χ2v) is 27.4. The summed E-state index contributed by atoms with van der Waals surface area (Å²) in [7, 11) is 2.49. The van der Waals surface area contributed by atoms with E-state index in [9.17, 15) is 0 Å². The van der Waals surface area contributed by atoms with Crippen molar-refractivity contribution < 1.29 is 61.5 Å². The highest BCUT2D eigenvalue weighted by Gasteiger charge is 2.15. The molecule has 32 nitrogen and oxygen atoms in total. The standard InChI is InChI=1S/4C19H17ClN7.HI.H3O4P/c4*1-13(14-3-6-18(21-10-14)27-8-7-26(2)12-27)24-25-19-16-5-4-15(20)9-17(16)22-11-23-19;;1-5(2,3)4/h4*3-12H,1-2H3,(H,22,23,25);1H;(H3,1,2,3,4)/q4*+1;;/p-4/b4*24-13+;;. The number of imidazole rings is 4. The van der Waals surface area contributed by atoms with Gasteiger partial charge in [-0.1, -0.05) is 46.4 Å². The molecule has 0 spiro atoms. The van der Waals surface area contributed by atoms with Crippen LogP contribution in [0, 0.1) is 0 Å². The van der Waals surface area contributed by atoms with E-state index in [2.05, 4.69) is 102 Å². The summed E-state index contributed by atoms with van der Waals surface area (Å²) in [5.41, 5.74) is 22.0. The minimum Gasteiger partial charge on any atom is -1.00 e. The molecule has 0 bridgehead atoms. The highest BCUT2D eigenvalue weighted by atomic mass is 127. The molecule has 0 aliphatic rings. The Morgan fingerprint density at radius 2 is 0.553 bits per heavy atom. The molecule has 0 unspecified atom stereocenters. The quantitative estimate of drug-likeness (QED) is 0.0257. The van der Waals surface area contributed by atoms with Crippen LogP contribution in [0.25, 0.3) is 66.9 Å². The highest BCUT2D eigenvalue weighted by molar-refractivity contribution is 7.40. The van der Waals surface area contributed by atoms with Crippen LogP contribution >= 0.6 is 54.2 Å². The van der Waals surface area contributed by atoms with E-state index in [-0.39, 0.29) is 24.0 Å². The third-order valence-corrected chi connectivity index (χ3v) is 17.4. The normalized spacial score (nSPS) is 11.6. The van der Waals surface area contributed by atoms with Gasteiger partial charge in [0.1, 0.15) is 74.9 Å². The lowest BCUT2D eigenvalue weighted by Gasteiger charge is -2.36. The zero-order valence-electron chi connectivity index (χ0n) is 61.8. The Labute approximate surface area is 688 Å². The molecule has 16 aromatic rings. The van der Waals surface area contributed by atoms with Crippen molar-refractivity contribution in [2.75, 3.05) is 21.7 Å². The average molecular weight is 1740 g/mol. The summed E-state index contributed by atoms with van der Waals surface area (Å²) in [4.78, 5) is 77.6. The van der Waals surface area contributed by atoms with Crippen molar-refractivity contribution in [2.24, 2.45) is 48.6 Å². The van der Waals surface area contributed by atoms with Crippen molar-refractivity contribution in [3.8, 4) is 23.3 Å². The van der Waals surface area contributed by atoms with E-state index in [1.54, 1.807) is 73.3 Å². The summed E-state index contributed by atoms with van der Waals surface area (Å²) in [6.45, 7) is 7.67. The predicted octanol–water partition coefficient (Wildman–Crippen LogP) is 6.70. The zero-order valence-corrected chi connectivity index (χ0v) is 67.9. The van der Waals surface area contributed by atoms with Crippen molar-refractivity contribution in [1.82, 2.24) is 78.1 Å². The van der Waals surface area contributed by atoms with Crippen LogP contribution in [0.1, 0.15) is 49.9 Å². The van der Waals surface area contributed by atoms with E-state index < -0.39 is 7.82 Å². The second kappa shape index (κ2) is 38.2. The first-order valence-corrected chi connectivity index (χ1v) is 36.9. The van der Waals surface area contributed by atoms with Crippen molar-refractivity contribution in [3.05, 3.63) is 289 Å². The summed E-state index contributed by atoms with van der Waals surface area (Å²) in [5.74, 6) is 5.89. The Morgan fingerprint density at radius 3 is 0.728 bits per heavy atom. The van der Waals surface area contributed by atoms with Gasteiger partial charge in [0.2, 0.25) is 48.6 Å². The maximum absolute atomic E-state index is 8.55. The summed E-state index contributed by atoms with van der Waals surface area (Å²) in [6, 6.07) is 37.7. The molecule has 12 aromatic heterocycles. The van der Waals surface area contributed by atoms with Gasteiger partial charge in [0.05, 0.1) is 73.1 Å². The maximum Gasteiger partial charge on any atom is 0.250 e. The number of nitrogens with one attached hydrogen (secondary N) is 4. The number of hydrazone groups is 4. The lowest BCUT2D eigenvalue weighted by atomic mass is 10.2. The molecule has 0 aliphatic carbocycles. The molecule has 0 saturated carbocycles. The Bertz CT molecular complexity index is 5480. The third kappa shape index (κ3) is 22.4. The Morgan fingerprint density at radius 1 is 0.342 bits per heavy atom. The van der Waals surface area contributed by atoms with Gasteiger partial charge in [-0.25, -0.2) is 78.1 Å². The molecule has 0 amide bonds. The Kier molecular flexibility index (Phi) is 27.6. The van der Waals surface area contributed by atoms with Gasteiger partial charge in [0.25, 0.3) is 0 Å². The monoisotopic (exact) mass is 1730 g/mol. The van der Waals surface area contributed by atoms with E-state index in [4.69, 9.17) is 65.6 Å². The molecule has 576 valence electrons. The molecule has 0 atom stereocenters. The van der Waals surface area contributed by atoms with Crippen LogP contribution in [0.15, 0.2) is 267 Å². The number of hydrogen-bond donors (Lipinski definition) is 4. The molecular weight excluding hydrogens is 1670 g/mol. The largest absolute Gasteiger partial charge is 1.00 e. The highest BCUT2D eigenvalue weighted by Crippen LogP contribution is 2.27. The fraction of sp³-hybridized carbons (Fsp3) is 0.105. The van der Waals surface area contributed by atoms with Crippen molar-refractivity contribution in [3.63, 3.8) is 0 Å². The number of hydrogen-bond acceptors (Lipinski definition) is 24. The molecule has 0 radical (unpaired) electrons. The minimum absolute atomic E-state index is 0. The predicted molar refractivity (Wildman–Crippen MR) is 428 cm³/mol. The summed E-state index contributed by atoms with van der Waals surface area (Å²) in [6.07, 6.45) is 36.6. The molecule has 0 fully saturated rings. The number of rotatable bonds is 16. The van der Waals surface area contributed by atoms with E-state index in [1.807, 2.05) is 240 Å². The first-order valence-electron chi connectivity index (χ1n) is 34.0. The van der Waals surface area contributed by atoms with Gasteiger partial charge in [0.15, 0.2) is 23.3 Å². The van der Waals surface area contributed by atoms with Gasteiger partial charge in [-0.15, -0.1) is 0 Å². The lowest BCUT2D eigenvalue weighted by molar-refractivity contribution is -0.670. The van der Waals surface area contributed by atoms with Crippen LogP contribution in [-0.4, -0.2) is 101 Å². The van der Waals surface area contributed by atoms with Crippen LogP contribution in [0.4, 0.5) is 23.3 Å². The molecule has 16 rings (SSSR count). The number of aryl methyl sites for hydroxylation is 4. The van der Waals surface area contributed by atoms with Gasteiger partial charge in [0, 0.05) is 113 Å². The van der Waals surface area contributed by atoms with Crippen molar-refractivity contribution in [1.29, 1.82) is 0 Å². The Hall–Kier alpha value is -12.4. The van der Waals surface area contributed by atoms with Crippen molar-refractivity contribution in [2.45, 2.75) is 27.7 Å². The van der Waals surface area contributed by atoms with Crippen LogP contribution in [0.2, 0.25) is 20.1 Å². The maximum atomic E-state index is 8.55. The number of pyridine rings is 4. The number of benzene rings is 4. The fourth-order valence-electron chi connectivity index (χ4n) is 10.6. The van der Waals surface area contributed by atoms with Crippen LogP contribution in [0.3, 0.4) is 0 Å². The van der Waals surface area contributed by atoms with E-state index in [1.165, 1.54) is 25.3 Å². The van der Waals surface area contributed by atoms with Crippen LogP contribution < -0.4 is 78.6 Å². The molecule has 12 heterocycles. The van der Waals surface area contributed by atoms with Gasteiger partial charge >= 0.3 is 0 Å². The van der Waals surface area contributed by atoms with Crippen molar-refractivity contribution >= 4 is 144 Å². The number of halogens is 5. The average Bonchev–Trinajstić information content (AvgIpc) is 1.46. The van der Waals surface area contributed by atoms with Crippen LogP contribution in [0.5, 0.6) is 0 Å². The molecule has 4 aromatic carbocycles. The number of nitrogens with zero attached hydrogens (tertiary/aromatic N) is 24. The molecular formula is C76H68Cl4IN28O4P. The number of aromatic nitrogens is 20. The first kappa shape index (κ1) is 82.5. The Balaban J connectivity index is 0.000000146. The van der Waals surface area contributed by atoms with Gasteiger partial charge in [-0.3, -0.25) is 21.7 Å². The number of anilines is 4. The van der Waals surface area contributed by atoms with Gasteiger partial charge in [-0.05, 0) is 125 Å². The third-order valence-electron chi connectivity index (χ3n) is 16.5. The molecule has 0 aliphatic heterocycles. The minimum atomic E-state index is -5.39. The first-order chi connectivity index (χ1) is 54.4. The van der Waals surface area contributed by atoms with Gasteiger partial charge < -0.3 is 43.2 Å². The number of phosphoric acid groups is 1. The van der Waals surface area contributed by atoms with E-state index in [0.29, 0.717) is 43.4 Å². The smallest absolute Gasteiger partial charge is 0.250 e. The summed E-state index contributed by atoms with van der Waals surface area (Å²) < 4.78 is 24.2. The van der Waals surface area contributed by atoms with E-state index in [0.717, 1.165) is 112 Å².